The number of nitrogens with two attached hydrogens (primary N) is 1. The Morgan fingerprint density at radius 3 is 2.50 bits per heavy atom. The van der Waals surface area contributed by atoms with Crippen molar-refractivity contribution in [2.24, 2.45) is 0 Å². The summed E-state index contributed by atoms with van der Waals surface area (Å²) in [6.07, 6.45) is 0.894. The second-order valence-corrected chi connectivity index (χ2v) is 9.63. The number of methoxy groups -OCH3 is 1. The zero-order valence-corrected chi connectivity index (χ0v) is 21.4. The lowest BCUT2D eigenvalue weighted by Crippen LogP contribution is -2.09. The van der Waals surface area contributed by atoms with Crippen LogP contribution in [0.1, 0.15) is 46.1 Å². The van der Waals surface area contributed by atoms with Crippen LogP contribution in [0.3, 0.4) is 0 Å². The lowest BCUT2D eigenvalue weighted by molar-refractivity contribution is 0.0884. The summed E-state index contributed by atoms with van der Waals surface area (Å²) >= 11 is 0. The number of hydrogen-bond acceptors (Lipinski definition) is 6. The van der Waals surface area contributed by atoms with Gasteiger partial charge in [0.25, 0.3) is 0 Å². The quantitative estimate of drug-likeness (QED) is 0.212. The number of benzene rings is 4. The smallest absolute Gasteiger partial charge is 0.231 e. The summed E-state index contributed by atoms with van der Waals surface area (Å²) in [4.78, 5) is 0. The Hall–Kier alpha value is -4.16. The molecule has 6 heteroatoms. The molecule has 0 spiro atoms. The molecule has 0 unspecified atom stereocenters. The Kier molecular flexibility index (Phi) is 6.80. The van der Waals surface area contributed by atoms with Gasteiger partial charge in [0.1, 0.15) is 18.1 Å². The van der Waals surface area contributed by atoms with Crippen LogP contribution in [0.5, 0.6) is 23.0 Å². The zero-order chi connectivity index (χ0) is 25.9. The fourth-order valence-electron chi connectivity index (χ4n) is 5.47. The third-order valence-corrected chi connectivity index (χ3v) is 7.33. The number of fused-ring (bicyclic) bond motifs is 2. The average molecular weight is 510 g/mol. The molecular formula is C32H31NO5. The van der Waals surface area contributed by atoms with E-state index in [2.05, 4.69) is 42.5 Å². The first kappa shape index (κ1) is 24.2. The minimum atomic E-state index is 0.120. The van der Waals surface area contributed by atoms with E-state index < -0.39 is 0 Å². The molecule has 6 rings (SSSR count). The van der Waals surface area contributed by atoms with Gasteiger partial charge < -0.3 is 29.4 Å². The van der Waals surface area contributed by atoms with Crippen LogP contribution in [0.2, 0.25) is 0 Å². The molecule has 4 aromatic carbocycles. The number of ether oxygens (including phenoxy) is 5. The van der Waals surface area contributed by atoms with E-state index in [0.717, 1.165) is 46.2 Å². The van der Waals surface area contributed by atoms with E-state index in [4.69, 9.17) is 29.4 Å². The van der Waals surface area contributed by atoms with Crippen molar-refractivity contribution < 1.29 is 23.7 Å². The Morgan fingerprint density at radius 2 is 1.63 bits per heavy atom. The van der Waals surface area contributed by atoms with E-state index in [9.17, 15) is 0 Å². The number of hydrogen-bond donors (Lipinski definition) is 1. The summed E-state index contributed by atoms with van der Waals surface area (Å²) in [7, 11) is 1.67. The molecule has 1 aliphatic carbocycles. The molecule has 1 aliphatic heterocycles. The SMILES string of the molecule is COc1ccc([C@H]2C[C@@H](c3ccc4c(c3)OCO4)c3ccc(N)cc32)c(OCCOCc2ccccc2)c1. The van der Waals surface area contributed by atoms with Crippen LogP contribution in [-0.2, 0) is 11.3 Å². The standard InChI is InChI=1S/C32H31NO5/c1-34-24-9-11-26(31(17-24)36-14-13-35-19-21-5-3-2-4-6-21)29-18-27(25-10-8-23(33)16-28(25)29)22-7-12-30-32(15-22)38-20-37-30/h2-12,15-17,27,29H,13-14,18-20,33H2,1H3/t27-,29+/m0/s1. The highest BCUT2D eigenvalue weighted by Gasteiger charge is 2.35. The molecule has 194 valence electrons. The van der Waals surface area contributed by atoms with Crippen LogP contribution in [0.4, 0.5) is 5.69 Å². The zero-order valence-electron chi connectivity index (χ0n) is 21.4. The molecule has 0 aromatic heterocycles. The summed E-state index contributed by atoms with van der Waals surface area (Å²) in [6.45, 7) is 1.75. The van der Waals surface area contributed by atoms with Crippen molar-refractivity contribution in [3.05, 3.63) is 113 Å². The fraction of sp³-hybridized carbons (Fsp3) is 0.250. The molecule has 6 nitrogen and oxygen atoms in total. The third kappa shape index (κ3) is 4.87. The molecule has 38 heavy (non-hydrogen) atoms. The second-order valence-electron chi connectivity index (χ2n) is 9.63. The molecule has 1 heterocycles. The highest BCUT2D eigenvalue weighted by Crippen LogP contribution is 2.52. The van der Waals surface area contributed by atoms with E-state index in [1.54, 1.807) is 7.11 Å². The Labute approximate surface area is 222 Å². The van der Waals surface area contributed by atoms with Gasteiger partial charge in [-0.3, -0.25) is 0 Å². The Morgan fingerprint density at radius 1 is 0.789 bits per heavy atom. The first-order valence-electron chi connectivity index (χ1n) is 12.9. The van der Waals surface area contributed by atoms with Crippen LogP contribution in [0.15, 0.2) is 84.9 Å². The summed E-state index contributed by atoms with van der Waals surface area (Å²) in [5.41, 5.74) is 13.0. The van der Waals surface area contributed by atoms with Crippen LogP contribution in [-0.4, -0.2) is 27.1 Å². The van der Waals surface area contributed by atoms with Crippen LogP contribution in [0.25, 0.3) is 0 Å². The minimum Gasteiger partial charge on any atom is -0.497 e. The van der Waals surface area contributed by atoms with Gasteiger partial charge in [0, 0.05) is 29.2 Å². The minimum absolute atomic E-state index is 0.120. The van der Waals surface area contributed by atoms with Gasteiger partial charge >= 0.3 is 0 Å². The summed E-state index contributed by atoms with van der Waals surface area (Å²) in [6, 6.07) is 28.7. The summed E-state index contributed by atoms with van der Waals surface area (Å²) in [5, 5.41) is 0. The van der Waals surface area contributed by atoms with Gasteiger partial charge in [-0.05, 0) is 59.0 Å². The fourth-order valence-corrected chi connectivity index (χ4v) is 5.47. The molecular weight excluding hydrogens is 478 g/mol. The molecule has 0 fully saturated rings. The van der Waals surface area contributed by atoms with Crippen molar-refractivity contribution in [3.63, 3.8) is 0 Å². The van der Waals surface area contributed by atoms with E-state index in [-0.39, 0.29) is 18.6 Å². The molecule has 2 atom stereocenters. The first-order chi connectivity index (χ1) is 18.7. The molecule has 0 radical (unpaired) electrons. The molecule has 0 amide bonds. The number of nitrogen functional groups attached to an aromatic ring is 1. The first-order valence-corrected chi connectivity index (χ1v) is 12.9. The normalized spacial score (nSPS) is 17.3. The topological polar surface area (TPSA) is 72.2 Å². The van der Waals surface area contributed by atoms with Crippen molar-refractivity contribution in [2.45, 2.75) is 24.9 Å². The largest absolute Gasteiger partial charge is 0.497 e. The predicted octanol–water partition coefficient (Wildman–Crippen LogP) is 6.27. The van der Waals surface area contributed by atoms with Crippen molar-refractivity contribution in [2.75, 3.05) is 32.9 Å². The van der Waals surface area contributed by atoms with E-state index in [1.165, 1.54) is 16.7 Å². The van der Waals surface area contributed by atoms with Crippen LogP contribution < -0.4 is 24.7 Å². The molecule has 2 N–H and O–H groups in total. The molecule has 4 aromatic rings. The summed E-state index contributed by atoms with van der Waals surface area (Å²) < 4.78 is 28.9. The van der Waals surface area contributed by atoms with Crippen LogP contribution >= 0.6 is 0 Å². The Balaban J connectivity index is 1.25. The number of rotatable bonds is 9. The monoisotopic (exact) mass is 509 g/mol. The van der Waals surface area contributed by atoms with E-state index in [0.29, 0.717) is 19.8 Å². The lowest BCUT2D eigenvalue weighted by atomic mass is 9.90. The summed E-state index contributed by atoms with van der Waals surface area (Å²) in [5.74, 6) is 3.47. The van der Waals surface area contributed by atoms with Crippen molar-refractivity contribution in [1.29, 1.82) is 0 Å². The predicted molar refractivity (Wildman–Crippen MR) is 146 cm³/mol. The maximum absolute atomic E-state index is 6.30. The van der Waals surface area contributed by atoms with Gasteiger partial charge in [0.05, 0.1) is 20.3 Å². The average Bonchev–Trinajstić information content (AvgIpc) is 3.57. The molecule has 0 bridgehead atoms. The van der Waals surface area contributed by atoms with Gasteiger partial charge in [-0.25, -0.2) is 0 Å². The van der Waals surface area contributed by atoms with Gasteiger partial charge in [-0.1, -0.05) is 48.5 Å². The number of anilines is 1. The Bertz CT molecular complexity index is 1420. The highest BCUT2D eigenvalue weighted by atomic mass is 16.7. The van der Waals surface area contributed by atoms with Gasteiger partial charge in [0.2, 0.25) is 6.79 Å². The van der Waals surface area contributed by atoms with Crippen molar-refractivity contribution in [3.8, 4) is 23.0 Å². The maximum Gasteiger partial charge on any atom is 0.231 e. The lowest BCUT2D eigenvalue weighted by Gasteiger charge is -2.19. The maximum atomic E-state index is 6.30. The van der Waals surface area contributed by atoms with Gasteiger partial charge in [0.15, 0.2) is 11.5 Å². The van der Waals surface area contributed by atoms with Crippen LogP contribution in [0, 0.1) is 0 Å². The highest BCUT2D eigenvalue weighted by molar-refractivity contribution is 5.59. The van der Waals surface area contributed by atoms with E-state index in [1.807, 2.05) is 42.5 Å². The molecule has 2 aliphatic rings. The van der Waals surface area contributed by atoms with E-state index >= 15 is 0 Å². The van der Waals surface area contributed by atoms with Crippen molar-refractivity contribution in [1.82, 2.24) is 0 Å². The third-order valence-electron chi connectivity index (χ3n) is 7.33. The van der Waals surface area contributed by atoms with Gasteiger partial charge in [-0.2, -0.15) is 0 Å². The molecule has 0 saturated carbocycles. The molecule has 0 saturated heterocycles. The van der Waals surface area contributed by atoms with Crippen molar-refractivity contribution >= 4 is 5.69 Å². The second kappa shape index (κ2) is 10.7. The van der Waals surface area contributed by atoms with Gasteiger partial charge in [-0.15, -0.1) is 0 Å².